The molecule has 1 aromatic rings. The van der Waals surface area contributed by atoms with Gasteiger partial charge in [0.2, 0.25) is 0 Å². The molecule has 1 aromatic carbocycles. The largest absolute Gasteiger partial charge is 0.493 e. The van der Waals surface area contributed by atoms with Gasteiger partial charge < -0.3 is 20.5 Å². The highest BCUT2D eigenvalue weighted by Gasteiger charge is 2.30. The second kappa shape index (κ2) is 5.90. The van der Waals surface area contributed by atoms with Crippen molar-refractivity contribution in [1.82, 2.24) is 0 Å². The van der Waals surface area contributed by atoms with Crippen molar-refractivity contribution in [3.63, 3.8) is 0 Å². The predicted octanol–water partition coefficient (Wildman–Crippen LogP) is 3.04. The molecule has 1 rings (SSSR count). The maximum Gasteiger partial charge on any atom is 0.391 e. The molecular weight excluding hydrogens is 261 g/mol. The van der Waals surface area contributed by atoms with Crippen LogP contribution in [0.2, 0.25) is 0 Å². The second-order valence-electron chi connectivity index (χ2n) is 4.16. The highest BCUT2D eigenvalue weighted by Crippen LogP contribution is 2.35. The maximum atomic E-state index is 12.3. The Labute approximate surface area is 109 Å². The van der Waals surface area contributed by atoms with E-state index in [1.54, 1.807) is 0 Å². The molecule has 0 aliphatic rings. The van der Waals surface area contributed by atoms with Gasteiger partial charge in [-0.15, -0.1) is 0 Å². The lowest BCUT2D eigenvalue weighted by atomic mass is 10.2. The molecule has 0 amide bonds. The van der Waals surface area contributed by atoms with Gasteiger partial charge in [0.1, 0.15) is 0 Å². The predicted molar refractivity (Wildman–Crippen MR) is 67.7 cm³/mol. The molecule has 7 heteroatoms. The number of alkyl halides is 3. The fourth-order valence-corrected chi connectivity index (χ4v) is 1.68. The molecule has 0 aliphatic heterocycles. The minimum Gasteiger partial charge on any atom is -0.493 e. The van der Waals surface area contributed by atoms with E-state index in [4.69, 9.17) is 15.2 Å². The minimum absolute atomic E-state index is 0.298. The quantitative estimate of drug-likeness (QED) is 0.813. The van der Waals surface area contributed by atoms with Gasteiger partial charge in [-0.1, -0.05) is 0 Å². The molecule has 0 bridgehead atoms. The first kappa shape index (κ1) is 15.3. The van der Waals surface area contributed by atoms with Crippen molar-refractivity contribution in [2.45, 2.75) is 25.6 Å². The van der Waals surface area contributed by atoms with Crippen molar-refractivity contribution in [2.24, 2.45) is 0 Å². The van der Waals surface area contributed by atoms with E-state index >= 15 is 0 Å². The van der Waals surface area contributed by atoms with E-state index in [2.05, 4.69) is 5.32 Å². The number of nitrogen functional groups attached to an aromatic ring is 1. The summed E-state index contributed by atoms with van der Waals surface area (Å²) in [7, 11) is 2.90. The van der Waals surface area contributed by atoms with E-state index in [0.29, 0.717) is 22.9 Å². The zero-order valence-electron chi connectivity index (χ0n) is 11.0. The molecule has 0 aromatic heterocycles. The number of anilines is 2. The first-order chi connectivity index (χ1) is 8.76. The number of hydrogen-bond acceptors (Lipinski definition) is 4. The monoisotopic (exact) mass is 278 g/mol. The van der Waals surface area contributed by atoms with Crippen LogP contribution >= 0.6 is 0 Å². The van der Waals surface area contributed by atoms with Crippen LogP contribution in [0.25, 0.3) is 0 Å². The highest BCUT2D eigenvalue weighted by atomic mass is 19.4. The Hall–Kier alpha value is -1.79. The third-order valence-corrected chi connectivity index (χ3v) is 2.50. The summed E-state index contributed by atoms with van der Waals surface area (Å²) in [4.78, 5) is 0. The summed E-state index contributed by atoms with van der Waals surface area (Å²) in [6, 6.07) is 2.23. The van der Waals surface area contributed by atoms with Crippen LogP contribution in [0.3, 0.4) is 0 Å². The molecule has 0 saturated heterocycles. The van der Waals surface area contributed by atoms with E-state index in [-0.39, 0.29) is 0 Å². The molecule has 19 heavy (non-hydrogen) atoms. The molecule has 108 valence electrons. The summed E-state index contributed by atoms with van der Waals surface area (Å²) in [5.41, 5.74) is 6.43. The molecule has 1 atom stereocenters. The summed E-state index contributed by atoms with van der Waals surface area (Å²) in [6.45, 7) is 1.43. The third kappa shape index (κ3) is 4.42. The standard InChI is InChI=1S/C12H17F3N2O2/c1-7(6-12(13,14)15)17-9-5-11(19-3)10(18-2)4-8(9)16/h4-5,7,17H,6,16H2,1-3H3. The van der Waals surface area contributed by atoms with Crippen molar-refractivity contribution in [3.05, 3.63) is 12.1 Å². The fraction of sp³-hybridized carbons (Fsp3) is 0.500. The van der Waals surface area contributed by atoms with Crippen molar-refractivity contribution in [1.29, 1.82) is 0 Å². The summed E-state index contributed by atoms with van der Waals surface area (Å²) in [6.07, 6.45) is -5.17. The lowest BCUT2D eigenvalue weighted by Gasteiger charge is -2.19. The molecule has 0 saturated carbocycles. The van der Waals surface area contributed by atoms with Gasteiger partial charge in [-0.25, -0.2) is 0 Å². The Bertz CT molecular complexity index is 436. The number of hydrogen-bond donors (Lipinski definition) is 2. The minimum atomic E-state index is -4.22. The first-order valence-corrected chi connectivity index (χ1v) is 5.61. The van der Waals surface area contributed by atoms with Crippen LogP contribution < -0.4 is 20.5 Å². The van der Waals surface area contributed by atoms with Crippen LogP contribution in [0.4, 0.5) is 24.5 Å². The van der Waals surface area contributed by atoms with E-state index < -0.39 is 18.6 Å². The van der Waals surface area contributed by atoms with Crippen molar-refractivity contribution in [2.75, 3.05) is 25.3 Å². The Morgan fingerprint density at radius 3 is 2.21 bits per heavy atom. The third-order valence-electron chi connectivity index (χ3n) is 2.50. The van der Waals surface area contributed by atoms with Crippen molar-refractivity contribution in [3.8, 4) is 11.5 Å². The number of methoxy groups -OCH3 is 2. The molecule has 1 unspecified atom stereocenters. The molecule has 0 spiro atoms. The van der Waals surface area contributed by atoms with Crippen molar-refractivity contribution < 1.29 is 22.6 Å². The van der Waals surface area contributed by atoms with Gasteiger partial charge in [0, 0.05) is 18.2 Å². The normalized spacial score (nSPS) is 12.9. The van der Waals surface area contributed by atoms with E-state index in [1.165, 1.54) is 33.3 Å². The van der Waals surface area contributed by atoms with Crippen LogP contribution in [0, 0.1) is 0 Å². The van der Waals surface area contributed by atoms with Gasteiger partial charge >= 0.3 is 6.18 Å². The SMILES string of the molecule is COc1cc(N)c(NC(C)CC(F)(F)F)cc1OC. The van der Waals surface area contributed by atoms with E-state index in [9.17, 15) is 13.2 Å². The van der Waals surface area contributed by atoms with Gasteiger partial charge in [-0.2, -0.15) is 13.2 Å². The smallest absolute Gasteiger partial charge is 0.391 e. The number of nitrogens with one attached hydrogen (secondary N) is 1. The number of nitrogens with two attached hydrogens (primary N) is 1. The zero-order valence-corrected chi connectivity index (χ0v) is 11.0. The summed E-state index contributed by atoms with van der Waals surface area (Å²) in [5.74, 6) is 0.826. The average molecular weight is 278 g/mol. The Morgan fingerprint density at radius 2 is 1.74 bits per heavy atom. The molecule has 0 radical (unpaired) electrons. The first-order valence-electron chi connectivity index (χ1n) is 5.61. The number of benzene rings is 1. The summed E-state index contributed by atoms with van der Waals surface area (Å²) >= 11 is 0. The van der Waals surface area contributed by atoms with Crippen LogP contribution in [-0.2, 0) is 0 Å². The summed E-state index contributed by atoms with van der Waals surface area (Å²) in [5, 5.41) is 2.71. The van der Waals surface area contributed by atoms with Gasteiger partial charge in [0.25, 0.3) is 0 Å². The lowest BCUT2D eigenvalue weighted by molar-refractivity contribution is -0.136. The number of halogens is 3. The van der Waals surface area contributed by atoms with E-state index in [1.807, 2.05) is 0 Å². The van der Waals surface area contributed by atoms with Gasteiger partial charge in [-0.05, 0) is 6.92 Å². The Kier molecular flexibility index (Phi) is 4.74. The lowest BCUT2D eigenvalue weighted by Crippen LogP contribution is -2.24. The molecule has 0 heterocycles. The van der Waals surface area contributed by atoms with E-state index in [0.717, 1.165) is 0 Å². The molecule has 0 fully saturated rings. The molecular formula is C12H17F3N2O2. The highest BCUT2D eigenvalue weighted by molar-refractivity contribution is 5.72. The molecule has 0 aliphatic carbocycles. The molecule has 3 N–H and O–H groups in total. The topological polar surface area (TPSA) is 56.5 Å². The van der Waals surface area contributed by atoms with Gasteiger partial charge in [0.15, 0.2) is 11.5 Å². The number of ether oxygens (including phenoxy) is 2. The summed E-state index contributed by atoms with van der Waals surface area (Å²) < 4.78 is 46.9. The van der Waals surface area contributed by atoms with Crippen LogP contribution in [0.1, 0.15) is 13.3 Å². The Morgan fingerprint density at radius 1 is 1.21 bits per heavy atom. The van der Waals surface area contributed by atoms with Gasteiger partial charge in [-0.3, -0.25) is 0 Å². The van der Waals surface area contributed by atoms with Crippen molar-refractivity contribution >= 4 is 11.4 Å². The Balaban J connectivity index is 2.89. The second-order valence-corrected chi connectivity index (χ2v) is 4.16. The van der Waals surface area contributed by atoms with Crippen LogP contribution in [0.5, 0.6) is 11.5 Å². The maximum absolute atomic E-state index is 12.3. The van der Waals surface area contributed by atoms with Crippen LogP contribution in [-0.4, -0.2) is 26.4 Å². The number of rotatable bonds is 5. The fourth-order valence-electron chi connectivity index (χ4n) is 1.68. The average Bonchev–Trinajstić information content (AvgIpc) is 2.28. The van der Waals surface area contributed by atoms with Crippen LogP contribution in [0.15, 0.2) is 12.1 Å². The molecule has 4 nitrogen and oxygen atoms in total. The zero-order chi connectivity index (χ0) is 14.6. The van der Waals surface area contributed by atoms with Gasteiger partial charge in [0.05, 0.1) is 32.0 Å².